The minimum absolute atomic E-state index is 0.308. The van der Waals surface area contributed by atoms with Crippen molar-refractivity contribution in [2.45, 2.75) is 0 Å². The van der Waals surface area contributed by atoms with Crippen LogP contribution >= 0.6 is 11.6 Å². The Morgan fingerprint density at radius 1 is 0.842 bits per heavy atom. The molecule has 0 fully saturated rings. The van der Waals surface area contributed by atoms with Crippen LogP contribution in [-0.4, -0.2) is 4.98 Å². The molecule has 0 aliphatic carbocycles. The third-order valence-corrected chi connectivity index (χ3v) is 3.17. The third-order valence-electron chi connectivity index (χ3n) is 2.86. The molecule has 0 bridgehead atoms. The second kappa shape index (κ2) is 4.59. The predicted octanol–water partition coefficient (Wildman–Crippen LogP) is 4.83. The van der Waals surface area contributed by atoms with E-state index in [1.165, 1.54) is 24.3 Å². The first-order chi connectivity index (χ1) is 9.13. The number of aromatic nitrogens is 1. The van der Waals surface area contributed by atoms with E-state index in [4.69, 9.17) is 11.6 Å². The Morgan fingerprint density at radius 2 is 1.53 bits per heavy atom. The maximum Gasteiger partial charge on any atom is 0.124 e. The minimum atomic E-state index is -0.356. The van der Waals surface area contributed by atoms with Gasteiger partial charge in [-0.25, -0.2) is 13.8 Å². The average molecular weight is 276 g/mol. The highest BCUT2D eigenvalue weighted by Crippen LogP contribution is 2.28. The molecular formula is C15H8ClF2N. The predicted molar refractivity (Wildman–Crippen MR) is 72.1 cm³/mol. The lowest BCUT2D eigenvalue weighted by Gasteiger charge is -2.05. The van der Waals surface area contributed by atoms with Crippen molar-refractivity contribution in [2.24, 2.45) is 0 Å². The number of pyridine rings is 1. The summed E-state index contributed by atoms with van der Waals surface area (Å²) < 4.78 is 26.0. The van der Waals surface area contributed by atoms with E-state index < -0.39 is 0 Å². The molecule has 0 aliphatic rings. The number of hydrogen-bond acceptors (Lipinski definition) is 1. The van der Waals surface area contributed by atoms with E-state index in [1.807, 2.05) is 0 Å². The number of fused-ring (bicyclic) bond motifs is 1. The molecule has 0 aliphatic heterocycles. The van der Waals surface area contributed by atoms with Crippen LogP contribution in [0.4, 0.5) is 8.78 Å². The average Bonchev–Trinajstić information content (AvgIpc) is 2.40. The van der Waals surface area contributed by atoms with Gasteiger partial charge >= 0.3 is 0 Å². The van der Waals surface area contributed by atoms with Crippen molar-refractivity contribution in [1.29, 1.82) is 0 Å². The molecule has 0 unspecified atom stereocenters. The fourth-order valence-corrected chi connectivity index (χ4v) is 2.18. The van der Waals surface area contributed by atoms with Crippen LogP contribution in [0.15, 0.2) is 48.5 Å². The van der Waals surface area contributed by atoms with Crippen molar-refractivity contribution in [3.8, 4) is 11.3 Å². The van der Waals surface area contributed by atoms with Gasteiger partial charge in [0.2, 0.25) is 0 Å². The zero-order chi connectivity index (χ0) is 13.4. The van der Waals surface area contributed by atoms with E-state index in [0.717, 1.165) is 5.56 Å². The van der Waals surface area contributed by atoms with Crippen LogP contribution < -0.4 is 0 Å². The number of halogens is 3. The molecule has 0 radical (unpaired) electrons. The highest BCUT2D eigenvalue weighted by Gasteiger charge is 2.07. The second-order valence-corrected chi connectivity index (χ2v) is 4.56. The normalized spacial score (nSPS) is 10.9. The van der Waals surface area contributed by atoms with E-state index in [-0.39, 0.29) is 11.6 Å². The van der Waals surface area contributed by atoms with Crippen LogP contribution in [-0.2, 0) is 0 Å². The Balaban J connectivity index is 2.20. The molecule has 1 nitrogen and oxygen atoms in total. The summed E-state index contributed by atoms with van der Waals surface area (Å²) in [6.07, 6.45) is 0. The smallest absolute Gasteiger partial charge is 0.124 e. The summed E-state index contributed by atoms with van der Waals surface area (Å²) in [6.45, 7) is 0. The van der Waals surface area contributed by atoms with E-state index >= 15 is 0 Å². The molecule has 0 saturated carbocycles. The summed E-state index contributed by atoms with van der Waals surface area (Å²) in [5, 5.41) is 0.983. The van der Waals surface area contributed by atoms with Crippen LogP contribution in [0, 0.1) is 11.6 Å². The molecule has 0 saturated heterocycles. The molecule has 19 heavy (non-hydrogen) atoms. The number of rotatable bonds is 1. The van der Waals surface area contributed by atoms with Gasteiger partial charge in [-0.15, -0.1) is 0 Å². The van der Waals surface area contributed by atoms with Crippen LogP contribution in [0.25, 0.3) is 22.2 Å². The Kier molecular flexibility index (Phi) is 2.91. The molecule has 0 atom stereocenters. The van der Waals surface area contributed by atoms with E-state index in [2.05, 4.69) is 4.98 Å². The molecule has 1 heterocycles. The summed E-state index contributed by atoms with van der Waals surface area (Å²) in [6, 6.07) is 11.9. The lowest BCUT2D eigenvalue weighted by molar-refractivity contribution is 0.628. The van der Waals surface area contributed by atoms with E-state index in [9.17, 15) is 8.78 Å². The Morgan fingerprint density at radius 3 is 2.26 bits per heavy atom. The quantitative estimate of drug-likeness (QED) is 0.620. The third kappa shape index (κ3) is 2.29. The monoisotopic (exact) mass is 275 g/mol. The molecule has 4 heteroatoms. The van der Waals surface area contributed by atoms with Crippen molar-refractivity contribution < 1.29 is 8.78 Å². The van der Waals surface area contributed by atoms with Gasteiger partial charge in [0.05, 0.1) is 16.2 Å². The molecular weight excluding hydrogens is 268 g/mol. The summed E-state index contributed by atoms with van der Waals surface area (Å²) in [5.41, 5.74) is 1.99. The van der Waals surface area contributed by atoms with Crippen molar-refractivity contribution in [1.82, 2.24) is 4.98 Å². The van der Waals surface area contributed by atoms with E-state index in [1.54, 1.807) is 24.3 Å². The fraction of sp³-hybridized carbons (Fsp3) is 0. The van der Waals surface area contributed by atoms with Gasteiger partial charge in [-0.3, -0.25) is 0 Å². The maximum absolute atomic E-state index is 13.2. The van der Waals surface area contributed by atoms with Gasteiger partial charge in [0.15, 0.2) is 0 Å². The fourth-order valence-electron chi connectivity index (χ4n) is 1.93. The van der Waals surface area contributed by atoms with Crippen LogP contribution in [0.3, 0.4) is 0 Å². The lowest BCUT2D eigenvalue weighted by atomic mass is 10.1. The van der Waals surface area contributed by atoms with Crippen molar-refractivity contribution in [2.75, 3.05) is 0 Å². The molecule has 0 N–H and O–H groups in total. The van der Waals surface area contributed by atoms with Crippen molar-refractivity contribution in [3.63, 3.8) is 0 Å². The van der Waals surface area contributed by atoms with Gasteiger partial charge < -0.3 is 0 Å². The largest absolute Gasteiger partial charge is 0.248 e. The minimum Gasteiger partial charge on any atom is -0.248 e. The zero-order valence-corrected chi connectivity index (χ0v) is 10.5. The van der Waals surface area contributed by atoms with Gasteiger partial charge in [-0.05, 0) is 48.5 Å². The topological polar surface area (TPSA) is 12.9 Å². The zero-order valence-electron chi connectivity index (χ0n) is 9.70. The first-order valence-corrected chi connectivity index (χ1v) is 6.03. The molecule has 0 amide bonds. The first kappa shape index (κ1) is 12.1. The molecule has 3 rings (SSSR count). The highest BCUT2D eigenvalue weighted by atomic mass is 35.5. The van der Waals surface area contributed by atoms with Crippen LogP contribution in [0.2, 0.25) is 5.02 Å². The van der Waals surface area contributed by atoms with Gasteiger partial charge in [-0.1, -0.05) is 11.6 Å². The molecule has 3 aromatic rings. The van der Waals surface area contributed by atoms with Gasteiger partial charge in [0.1, 0.15) is 11.6 Å². The van der Waals surface area contributed by atoms with Crippen LogP contribution in [0.5, 0.6) is 0 Å². The molecule has 94 valence electrons. The lowest BCUT2D eigenvalue weighted by Crippen LogP contribution is -1.88. The number of nitrogens with zero attached hydrogens (tertiary/aromatic N) is 1. The molecule has 0 spiro atoms. The summed E-state index contributed by atoms with van der Waals surface area (Å²) in [4.78, 5) is 4.40. The van der Waals surface area contributed by atoms with Crippen molar-refractivity contribution in [3.05, 3.63) is 65.2 Å². The summed E-state index contributed by atoms with van der Waals surface area (Å²) in [5.74, 6) is -0.663. The Bertz CT molecular complexity index is 754. The van der Waals surface area contributed by atoms with Gasteiger partial charge in [-0.2, -0.15) is 0 Å². The standard InChI is InChI=1S/C15H8ClF2N/c16-13-8-15(9-1-3-10(17)4-2-9)19-14-6-5-11(18)7-12(13)14/h1-8H. The second-order valence-electron chi connectivity index (χ2n) is 4.16. The summed E-state index contributed by atoms with van der Waals surface area (Å²) >= 11 is 6.13. The number of hydrogen-bond donors (Lipinski definition) is 0. The van der Waals surface area contributed by atoms with Gasteiger partial charge in [0.25, 0.3) is 0 Å². The molecule has 1 aromatic heterocycles. The van der Waals surface area contributed by atoms with Crippen LogP contribution in [0.1, 0.15) is 0 Å². The van der Waals surface area contributed by atoms with Crippen molar-refractivity contribution >= 4 is 22.5 Å². The maximum atomic E-state index is 13.2. The SMILES string of the molecule is Fc1ccc(-c2cc(Cl)c3cc(F)ccc3n2)cc1. The first-order valence-electron chi connectivity index (χ1n) is 5.65. The summed E-state index contributed by atoms with van der Waals surface area (Å²) in [7, 11) is 0. The highest BCUT2D eigenvalue weighted by molar-refractivity contribution is 6.35. The van der Waals surface area contributed by atoms with E-state index in [0.29, 0.717) is 21.6 Å². The Hall–Kier alpha value is -2.00. The number of benzene rings is 2. The Labute approximate surface area is 113 Å². The van der Waals surface area contributed by atoms with Gasteiger partial charge in [0, 0.05) is 10.9 Å². The molecule has 2 aromatic carbocycles.